The Hall–Kier alpha value is -3.44. The van der Waals surface area contributed by atoms with Crippen LogP contribution in [0.1, 0.15) is 24.6 Å². The Labute approximate surface area is 180 Å². The molecule has 0 spiro atoms. The number of benzene rings is 2. The van der Waals surface area contributed by atoms with Crippen LogP contribution < -0.4 is 5.32 Å². The molecule has 0 bridgehead atoms. The molecule has 5 aromatic rings. The lowest BCUT2D eigenvalue weighted by molar-refractivity contribution is 0.373. The van der Waals surface area contributed by atoms with Crippen LogP contribution >= 0.6 is 0 Å². The maximum Gasteiger partial charge on any atom is 0.178 e. The highest BCUT2D eigenvalue weighted by Gasteiger charge is 2.24. The molecule has 5 nitrogen and oxygen atoms in total. The highest BCUT2D eigenvalue weighted by atomic mass is 16.3. The second-order valence-electron chi connectivity index (χ2n) is 8.33. The van der Waals surface area contributed by atoms with Gasteiger partial charge in [0.1, 0.15) is 11.3 Å². The van der Waals surface area contributed by atoms with E-state index in [1.165, 1.54) is 10.8 Å². The molecule has 0 amide bonds. The highest BCUT2D eigenvalue weighted by Crippen LogP contribution is 2.34. The monoisotopic (exact) mass is 408 g/mol. The van der Waals surface area contributed by atoms with Gasteiger partial charge in [-0.25, -0.2) is 9.97 Å². The van der Waals surface area contributed by atoms with Gasteiger partial charge in [-0.15, -0.1) is 0 Å². The molecular weight excluding hydrogens is 384 g/mol. The zero-order chi connectivity index (χ0) is 20.8. The van der Waals surface area contributed by atoms with E-state index < -0.39 is 0 Å². The third kappa shape index (κ3) is 3.22. The van der Waals surface area contributed by atoms with Crippen LogP contribution in [0.2, 0.25) is 0 Å². The minimum absolute atomic E-state index is 0.366. The number of hydrogen-bond acceptors (Lipinski definition) is 4. The number of imidazole rings is 1. The largest absolute Gasteiger partial charge is 0.458 e. The molecule has 0 saturated carbocycles. The minimum atomic E-state index is 0.366. The number of aryl methyl sites for hydroxylation is 1. The van der Waals surface area contributed by atoms with E-state index in [-0.39, 0.29) is 0 Å². The van der Waals surface area contributed by atoms with Crippen molar-refractivity contribution in [2.45, 2.75) is 25.8 Å². The van der Waals surface area contributed by atoms with Gasteiger partial charge in [0.2, 0.25) is 0 Å². The van der Waals surface area contributed by atoms with E-state index in [0.29, 0.717) is 6.04 Å². The number of piperidine rings is 1. The van der Waals surface area contributed by atoms with Crippen molar-refractivity contribution >= 4 is 21.9 Å². The molecule has 1 N–H and O–H groups in total. The summed E-state index contributed by atoms with van der Waals surface area (Å²) in [5, 5.41) is 5.93. The van der Waals surface area contributed by atoms with Crippen molar-refractivity contribution in [1.29, 1.82) is 0 Å². The summed E-state index contributed by atoms with van der Waals surface area (Å²) >= 11 is 0. The Morgan fingerprint density at radius 1 is 0.935 bits per heavy atom. The third-order valence-corrected chi connectivity index (χ3v) is 6.25. The summed E-state index contributed by atoms with van der Waals surface area (Å²) in [5.74, 6) is 2.57. The lowest BCUT2D eigenvalue weighted by atomic mass is 10.0. The molecule has 1 aliphatic heterocycles. The molecule has 1 aliphatic rings. The molecule has 2 aromatic carbocycles. The van der Waals surface area contributed by atoms with E-state index in [0.717, 1.165) is 65.6 Å². The summed E-state index contributed by atoms with van der Waals surface area (Å²) in [5.41, 5.74) is 4.07. The Kier molecular flexibility index (Phi) is 4.35. The summed E-state index contributed by atoms with van der Waals surface area (Å²) in [7, 11) is 0. The quantitative estimate of drug-likeness (QED) is 0.413. The van der Waals surface area contributed by atoms with Crippen molar-refractivity contribution in [3.63, 3.8) is 0 Å². The number of hydrogen-bond donors (Lipinski definition) is 1. The Morgan fingerprint density at radius 2 is 1.77 bits per heavy atom. The first-order valence-electron chi connectivity index (χ1n) is 10.9. The summed E-state index contributed by atoms with van der Waals surface area (Å²) < 4.78 is 8.26. The minimum Gasteiger partial charge on any atom is -0.458 e. The normalized spacial score (nSPS) is 15.1. The van der Waals surface area contributed by atoms with Crippen molar-refractivity contribution < 1.29 is 4.42 Å². The number of aromatic nitrogens is 3. The number of nitrogens with zero attached hydrogens (tertiary/aromatic N) is 3. The first-order chi connectivity index (χ1) is 15.3. The average molecular weight is 409 g/mol. The molecule has 0 unspecified atom stereocenters. The maximum atomic E-state index is 5.97. The average Bonchev–Trinajstić information content (AvgIpc) is 3.42. The molecule has 4 heterocycles. The standard InChI is InChI=1S/C26H24N4O/c1-17-6-9-24(31-17)26-29-23-15-21(20-8-7-18-4-2-3-5-19(18)14-20)16-28-25(23)30(26)22-10-12-27-13-11-22/h2-9,14-16,22,27H,10-13H2,1H3. The number of fused-ring (bicyclic) bond motifs is 2. The maximum absolute atomic E-state index is 5.97. The van der Waals surface area contributed by atoms with Gasteiger partial charge < -0.3 is 14.3 Å². The summed E-state index contributed by atoms with van der Waals surface area (Å²) in [6.07, 6.45) is 4.10. The van der Waals surface area contributed by atoms with Crippen LogP contribution in [0.4, 0.5) is 0 Å². The molecule has 6 rings (SSSR count). The van der Waals surface area contributed by atoms with Crippen LogP contribution in [-0.4, -0.2) is 27.6 Å². The van der Waals surface area contributed by atoms with E-state index in [1.807, 2.05) is 25.3 Å². The van der Waals surface area contributed by atoms with E-state index in [1.54, 1.807) is 0 Å². The van der Waals surface area contributed by atoms with Gasteiger partial charge in [-0.3, -0.25) is 0 Å². The van der Waals surface area contributed by atoms with Gasteiger partial charge in [0.25, 0.3) is 0 Å². The summed E-state index contributed by atoms with van der Waals surface area (Å²) in [6.45, 7) is 3.99. The van der Waals surface area contributed by atoms with Gasteiger partial charge >= 0.3 is 0 Å². The molecule has 0 radical (unpaired) electrons. The van der Waals surface area contributed by atoms with Crippen molar-refractivity contribution in [3.05, 3.63) is 72.6 Å². The fourth-order valence-electron chi connectivity index (χ4n) is 4.65. The predicted molar refractivity (Wildman–Crippen MR) is 124 cm³/mol. The van der Waals surface area contributed by atoms with E-state index >= 15 is 0 Å². The predicted octanol–water partition coefficient (Wildman–Crippen LogP) is 5.74. The number of rotatable bonds is 3. The molecule has 1 saturated heterocycles. The molecular formula is C26H24N4O. The van der Waals surface area contributed by atoms with E-state index in [9.17, 15) is 0 Å². The fourth-order valence-corrected chi connectivity index (χ4v) is 4.65. The molecule has 0 aliphatic carbocycles. The van der Waals surface area contributed by atoms with Gasteiger partial charge in [-0.2, -0.15) is 0 Å². The van der Waals surface area contributed by atoms with Gasteiger partial charge in [-0.1, -0.05) is 36.4 Å². The first kappa shape index (κ1) is 18.3. The van der Waals surface area contributed by atoms with Crippen LogP contribution in [0, 0.1) is 6.92 Å². The topological polar surface area (TPSA) is 55.9 Å². The summed E-state index contributed by atoms with van der Waals surface area (Å²) in [6, 6.07) is 21.5. The second-order valence-corrected chi connectivity index (χ2v) is 8.33. The van der Waals surface area contributed by atoms with Crippen LogP contribution in [0.15, 0.2) is 71.3 Å². The van der Waals surface area contributed by atoms with Gasteiger partial charge in [-0.05, 0) is 73.5 Å². The Morgan fingerprint density at radius 3 is 2.58 bits per heavy atom. The Bertz CT molecular complexity index is 1390. The number of nitrogens with one attached hydrogen (secondary N) is 1. The van der Waals surface area contributed by atoms with E-state index in [4.69, 9.17) is 14.4 Å². The molecule has 31 heavy (non-hydrogen) atoms. The van der Waals surface area contributed by atoms with Crippen molar-refractivity contribution in [1.82, 2.24) is 19.9 Å². The van der Waals surface area contributed by atoms with Gasteiger partial charge in [0, 0.05) is 17.8 Å². The van der Waals surface area contributed by atoms with Gasteiger partial charge in [0.15, 0.2) is 17.2 Å². The lowest BCUT2D eigenvalue weighted by Gasteiger charge is -2.25. The zero-order valence-electron chi connectivity index (χ0n) is 17.5. The third-order valence-electron chi connectivity index (χ3n) is 6.25. The smallest absolute Gasteiger partial charge is 0.178 e. The second kappa shape index (κ2) is 7.36. The number of furan rings is 1. The summed E-state index contributed by atoms with van der Waals surface area (Å²) in [4.78, 5) is 9.91. The Balaban J connectivity index is 1.51. The molecule has 0 atom stereocenters. The first-order valence-corrected chi connectivity index (χ1v) is 10.9. The zero-order valence-corrected chi connectivity index (χ0v) is 17.5. The van der Waals surface area contributed by atoms with Crippen LogP contribution in [0.25, 0.3) is 44.6 Å². The molecule has 154 valence electrons. The molecule has 3 aromatic heterocycles. The van der Waals surface area contributed by atoms with Crippen molar-refractivity contribution in [2.24, 2.45) is 0 Å². The molecule has 1 fully saturated rings. The lowest BCUT2D eigenvalue weighted by Crippen LogP contribution is -2.29. The van der Waals surface area contributed by atoms with Crippen LogP contribution in [0.5, 0.6) is 0 Å². The SMILES string of the molecule is Cc1ccc(-c2nc3cc(-c4ccc5ccccc5c4)cnc3n2C2CCNCC2)o1. The number of pyridine rings is 1. The van der Waals surface area contributed by atoms with Crippen LogP contribution in [-0.2, 0) is 0 Å². The van der Waals surface area contributed by atoms with Crippen molar-refractivity contribution in [3.8, 4) is 22.7 Å². The fraction of sp³-hybridized carbons (Fsp3) is 0.231. The van der Waals surface area contributed by atoms with Crippen LogP contribution in [0.3, 0.4) is 0 Å². The van der Waals surface area contributed by atoms with E-state index in [2.05, 4.69) is 58.4 Å². The molecule has 5 heteroatoms. The van der Waals surface area contributed by atoms with Crippen molar-refractivity contribution in [2.75, 3.05) is 13.1 Å². The van der Waals surface area contributed by atoms with Gasteiger partial charge in [0.05, 0.1) is 0 Å². The highest BCUT2D eigenvalue weighted by molar-refractivity contribution is 5.89.